The molecule has 2 aliphatic rings. The summed E-state index contributed by atoms with van der Waals surface area (Å²) in [5.41, 5.74) is 3.10. The molecule has 1 aliphatic heterocycles. The van der Waals surface area contributed by atoms with Crippen molar-refractivity contribution in [3.63, 3.8) is 0 Å². The summed E-state index contributed by atoms with van der Waals surface area (Å²) in [4.78, 5) is 26.9. The molecule has 3 aromatic heterocycles. The van der Waals surface area contributed by atoms with Crippen molar-refractivity contribution in [1.82, 2.24) is 24.9 Å². The van der Waals surface area contributed by atoms with Crippen molar-refractivity contribution in [2.75, 3.05) is 36.0 Å². The molecule has 0 N–H and O–H groups in total. The van der Waals surface area contributed by atoms with Gasteiger partial charge in [0.05, 0.1) is 5.69 Å². The van der Waals surface area contributed by atoms with Gasteiger partial charge in [-0.05, 0) is 31.0 Å². The molecule has 2 fully saturated rings. The highest BCUT2D eigenvalue weighted by molar-refractivity contribution is 5.59. The van der Waals surface area contributed by atoms with Gasteiger partial charge in [0.15, 0.2) is 0 Å². The fraction of sp³-hybridized carbons (Fsp3) is 0.350. The summed E-state index contributed by atoms with van der Waals surface area (Å²) in [6.07, 6.45) is 9.64. The summed E-state index contributed by atoms with van der Waals surface area (Å²) in [7, 11) is 0. The molecular formula is C20H21N7. The molecule has 0 bridgehead atoms. The van der Waals surface area contributed by atoms with E-state index in [1.165, 1.54) is 18.5 Å². The first-order valence-corrected chi connectivity index (χ1v) is 9.42. The summed E-state index contributed by atoms with van der Waals surface area (Å²) in [5, 5.41) is 0. The third kappa shape index (κ3) is 3.45. The summed E-state index contributed by atoms with van der Waals surface area (Å²) < 4.78 is 0. The Morgan fingerprint density at radius 1 is 0.889 bits per heavy atom. The maximum Gasteiger partial charge on any atom is 0.225 e. The van der Waals surface area contributed by atoms with E-state index in [4.69, 9.17) is 4.98 Å². The number of rotatable bonds is 4. The summed E-state index contributed by atoms with van der Waals surface area (Å²) in [5.74, 6) is 2.46. The Labute approximate surface area is 158 Å². The van der Waals surface area contributed by atoms with Crippen molar-refractivity contribution in [2.45, 2.75) is 18.8 Å². The minimum Gasteiger partial charge on any atom is -0.353 e. The first-order valence-electron chi connectivity index (χ1n) is 9.42. The standard InChI is InChI=1S/C20H21N7/c1-2-16(13-21-6-1)17-5-7-22-20(25-17)27-10-8-26(9-11-27)19-12-18(15-3-4-15)23-14-24-19/h1-2,5-7,12-15H,3-4,8-11H2. The van der Waals surface area contributed by atoms with E-state index in [-0.39, 0.29) is 0 Å². The minimum absolute atomic E-state index is 0.650. The van der Waals surface area contributed by atoms with Crippen molar-refractivity contribution in [1.29, 1.82) is 0 Å². The SMILES string of the molecule is c1cncc(-c2ccnc(N3CCN(c4cc(C5CC5)ncn4)CC3)n2)c1. The highest BCUT2D eigenvalue weighted by Gasteiger charge is 2.26. The van der Waals surface area contributed by atoms with Crippen LogP contribution in [0.4, 0.5) is 11.8 Å². The molecule has 0 atom stereocenters. The Hall–Kier alpha value is -3.09. The summed E-state index contributed by atoms with van der Waals surface area (Å²) in [6, 6.07) is 8.03. The Kier molecular flexibility index (Phi) is 4.12. The lowest BCUT2D eigenvalue weighted by atomic mass is 10.2. The van der Waals surface area contributed by atoms with Crippen molar-refractivity contribution in [2.24, 2.45) is 0 Å². The molecule has 7 nitrogen and oxygen atoms in total. The van der Waals surface area contributed by atoms with Gasteiger partial charge in [-0.15, -0.1) is 0 Å². The number of nitrogens with zero attached hydrogens (tertiary/aromatic N) is 7. The fourth-order valence-electron chi connectivity index (χ4n) is 3.45. The van der Waals surface area contributed by atoms with Crippen LogP contribution in [-0.4, -0.2) is 51.1 Å². The highest BCUT2D eigenvalue weighted by Crippen LogP contribution is 2.39. The maximum atomic E-state index is 4.74. The van der Waals surface area contributed by atoms with Crippen molar-refractivity contribution in [3.05, 3.63) is 54.9 Å². The van der Waals surface area contributed by atoms with Gasteiger partial charge in [-0.1, -0.05) is 0 Å². The van der Waals surface area contributed by atoms with E-state index in [0.29, 0.717) is 5.92 Å². The first kappa shape index (κ1) is 16.1. The fourth-order valence-corrected chi connectivity index (χ4v) is 3.45. The van der Waals surface area contributed by atoms with E-state index < -0.39 is 0 Å². The molecule has 0 radical (unpaired) electrons. The molecule has 27 heavy (non-hydrogen) atoms. The quantitative estimate of drug-likeness (QED) is 0.709. The zero-order valence-electron chi connectivity index (χ0n) is 15.1. The van der Waals surface area contributed by atoms with Crippen LogP contribution in [0.25, 0.3) is 11.3 Å². The van der Waals surface area contributed by atoms with Gasteiger partial charge in [-0.3, -0.25) is 4.98 Å². The van der Waals surface area contributed by atoms with E-state index in [1.807, 2.05) is 30.6 Å². The smallest absolute Gasteiger partial charge is 0.225 e. The van der Waals surface area contributed by atoms with Crippen LogP contribution < -0.4 is 9.80 Å². The maximum absolute atomic E-state index is 4.74. The topological polar surface area (TPSA) is 70.9 Å². The Morgan fingerprint density at radius 3 is 2.52 bits per heavy atom. The number of hydrogen-bond acceptors (Lipinski definition) is 7. The van der Waals surface area contributed by atoms with Crippen molar-refractivity contribution >= 4 is 11.8 Å². The number of anilines is 2. The first-order chi connectivity index (χ1) is 13.4. The molecule has 0 amide bonds. The van der Waals surface area contributed by atoms with Crippen LogP contribution in [0.2, 0.25) is 0 Å². The molecule has 0 aromatic carbocycles. The van der Waals surface area contributed by atoms with Crippen LogP contribution in [-0.2, 0) is 0 Å². The second kappa shape index (κ2) is 6.90. The molecule has 4 heterocycles. The second-order valence-electron chi connectivity index (χ2n) is 7.03. The normalized spacial score (nSPS) is 17.2. The van der Waals surface area contributed by atoms with Gasteiger partial charge < -0.3 is 9.80 Å². The second-order valence-corrected chi connectivity index (χ2v) is 7.03. The predicted octanol–water partition coefficient (Wildman–Crippen LogP) is 2.53. The Morgan fingerprint density at radius 2 is 1.74 bits per heavy atom. The summed E-state index contributed by atoms with van der Waals surface area (Å²) in [6.45, 7) is 3.56. The number of hydrogen-bond donors (Lipinski definition) is 0. The molecule has 1 aliphatic carbocycles. The number of piperazine rings is 1. The molecule has 0 spiro atoms. The van der Waals surface area contributed by atoms with E-state index in [0.717, 1.165) is 49.2 Å². The van der Waals surface area contributed by atoms with Gasteiger partial charge in [-0.25, -0.2) is 19.9 Å². The van der Waals surface area contributed by atoms with Crippen LogP contribution in [0.3, 0.4) is 0 Å². The lowest BCUT2D eigenvalue weighted by Gasteiger charge is -2.35. The van der Waals surface area contributed by atoms with E-state index in [1.54, 1.807) is 12.5 Å². The molecule has 1 saturated heterocycles. The van der Waals surface area contributed by atoms with Gasteiger partial charge >= 0.3 is 0 Å². The zero-order valence-corrected chi connectivity index (χ0v) is 15.1. The zero-order chi connectivity index (χ0) is 18.1. The molecule has 0 unspecified atom stereocenters. The lowest BCUT2D eigenvalue weighted by molar-refractivity contribution is 0.633. The van der Waals surface area contributed by atoms with E-state index in [2.05, 4.69) is 35.8 Å². The third-order valence-electron chi connectivity index (χ3n) is 5.16. The average Bonchev–Trinajstić information content (AvgIpc) is 3.60. The van der Waals surface area contributed by atoms with Crippen LogP contribution in [0.15, 0.2) is 49.2 Å². The number of aromatic nitrogens is 5. The average molecular weight is 359 g/mol. The molecule has 5 rings (SSSR count). The molecule has 3 aromatic rings. The van der Waals surface area contributed by atoms with Crippen molar-refractivity contribution in [3.8, 4) is 11.3 Å². The third-order valence-corrected chi connectivity index (χ3v) is 5.16. The van der Waals surface area contributed by atoms with Crippen LogP contribution in [0.5, 0.6) is 0 Å². The van der Waals surface area contributed by atoms with Gasteiger partial charge in [-0.2, -0.15) is 0 Å². The van der Waals surface area contributed by atoms with Crippen LogP contribution in [0.1, 0.15) is 24.5 Å². The molecule has 1 saturated carbocycles. The molecule has 136 valence electrons. The lowest BCUT2D eigenvalue weighted by Crippen LogP contribution is -2.47. The Balaban J connectivity index is 1.29. The number of pyridine rings is 1. The van der Waals surface area contributed by atoms with Crippen LogP contribution >= 0.6 is 0 Å². The largest absolute Gasteiger partial charge is 0.353 e. The van der Waals surface area contributed by atoms with E-state index in [9.17, 15) is 0 Å². The summed E-state index contributed by atoms with van der Waals surface area (Å²) >= 11 is 0. The monoisotopic (exact) mass is 359 g/mol. The Bertz CT molecular complexity index is 918. The minimum atomic E-state index is 0.650. The van der Waals surface area contributed by atoms with Gasteiger partial charge in [0, 0.05) is 68.0 Å². The van der Waals surface area contributed by atoms with E-state index >= 15 is 0 Å². The molecule has 7 heteroatoms. The highest BCUT2D eigenvalue weighted by atomic mass is 15.3. The predicted molar refractivity (Wildman–Crippen MR) is 104 cm³/mol. The molecular weight excluding hydrogens is 338 g/mol. The van der Waals surface area contributed by atoms with Gasteiger partial charge in [0.25, 0.3) is 0 Å². The van der Waals surface area contributed by atoms with Gasteiger partial charge in [0.2, 0.25) is 5.95 Å². The van der Waals surface area contributed by atoms with Gasteiger partial charge in [0.1, 0.15) is 12.1 Å². The van der Waals surface area contributed by atoms with Crippen LogP contribution in [0, 0.1) is 0 Å². The van der Waals surface area contributed by atoms with Crippen molar-refractivity contribution < 1.29 is 0 Å².